The Kier molecular flexibility index (Phi) is 4.54. The highest BCUT2D eigenvalue weighted by atomic mass is 79.9. The number of hydrogen-bond donors (Lipinski definition) is 0. The minimum Gasteiger partial charge on any atom is -0.295 e. The Morgan fingerprint density at radius 3 is 2.62 bits per heavy atom. The average molecular weight is 323 g/mol. The summed E-state index contributed by atoms with van der Waals surface area (Å²) in [6, 6.07) is 6.50. The van der Waals surface area contributed by atoms with E-state index >= 15 is 0 Å². The average Bonchev–Trinajstić information content (AvgIpc) is 3.04. The number of alkyl halides is 1. The Morgan fingerprint density at radius 2 is 2.06 bits per heavy atom. The maximum atomic E-state index is 6.18. The lowest BCUT2D eigenvalue weighted by molar-refractivity contribution is 0.272. The molecule has 16 heavy (non-hydrogen) atoms. The summed E-state index contributed by atoms with van der Waals surface area (Å²) >= 11 is 15.6. The molecule has 0 atom stereocenters. The van der Waals surface area contributed by atoms with Crippen molar-refractivity contribution in [3.05, 3.63) is 33.8 Å². The zero-order chi connectivity index (χ0) is 11.5. The van der Waals surface area contributed by atoms with Gasteiger partial charge in [-0.05, 0) is 30.5 Å². The summed E-state index contributed by atoms with van der Waals surface area (Å²) in [5.74, 6) is 0. The number of halogens is 3. The molecule has 1 aromatic rings. The van der Waals surface area contributed by atoms with Crippen molar-refractivity contribution in [2.45, 2.75) is 25.4 Å². The fourth-order valence-electron chi connectivity index (χ4n) is 1.81. The van der Waals surface area contributed by atoms with Crippen LogP contribution in [0.4, 0.5) is 0 Å². The number of hydrogen-bond acceptors (Lipinski definition) is 1. The molecular formula is C12H14BrCl2N. The fourth-order valence-corrected chi connectivity index (χ4v) is 2.73. The standard InChI is InChI=1S/C12H14BrCl2N/c13-5-6-16(11-3-4-11)8-9-1-2-10(14)7-12(9)15/h1-2,7,11H,3-6,8H2. The molecule has 0 radical (unpaired) electrons. The van der Waals surface area contributed by atoms with E-state index in [0.717, 1.165) is 29.5 Å². The molecule has 1 saturated carbocycles. The summed E-state index contributed by atoms with van der Waals surface area (Å²) in [4.78, 5) is 2.48. The van der Waals surface area contributed by atoms with Crippen LogP contribution >= 0.6 is 39.1 Å². The number of benzene rings is 1. The third-order valence-electron chi connectivity index (χ3n) is 2.82. The van der Waals surface area contributed by atoms with Gasteiger partial charge in [0, 0.05) is 34.5 Å². The first-order chi connectivity index (χ1) is 7.70. The zero-order valence-electron chi connectivity index (χ0n) is 8.93. The smallest absolute Gasteiger partial charge is 0.0465 e. The molecule has 88 valence electrons. The molecule has 0 aromatic heterocycles. The van der Waals surface area contributed by atoms with Gasteiger partial charge < -0.3 is 0 Å². The third kappa shape index (κ3) is 3.36. The molecule has 2 rings (SSSR count). The van der Waals surface area contributed by atoms with Gasteiger partial charge in [-0.15, -0.1) is 0 Å². The monoisotopic (exact) mass is 321 g/mol. The second-order valence-corrected chi connectivity index (χ2v) is 5.76. The second kappa shape index (κ2) is 5.72. The summed E-state index contributed by atoms with van der Waals surface area (Å²) in [6.07, 6.45) is 2.64. The predicted molar refractivity (Wildman–Crippen MR) is 73.7 cm³/mol. The summed E-state index contributed by atoms with van der Waals surface area (Å²) in [6.45, 7) is 2.00. The Bertz CT molecular complexity index is 366. The molecule has 0 amide bonds. The molecule has 1 nitrogen and oxygen atoms in total. The first kappa shape index (κ1) is 12.7. The first-order valence-corrected chi connectivity index (χ1v) is 7.32. The highest BCUT2D eigenvalue weighted by Crippen LogP contribution is 2.30. The van der Waals surface area contributed by atoms with Crippen LogP contribution in [0.5, 0.6) is 0 Å². The second-order valence-electron chi connectivity index (χ2n) is 4.13. The Labute approximate surface area is 115 Å². The van der Waals surface area contributed by atoms with E-state index in [1.807, 2.05) is 18.2 Å². The third-order valence-corrected chi connectivity index (χ3v) is 3.77. The molecule has 1 aliphatic rings. The molecule has 0 heterocycles. The fraction of sp³-hybridized carbons (Fsp3) is 0.500. The maximum Gasteiger partial charge on any atom is 0.0465 e. The minimum atomic E-state index is 0.701. The van der Waals surface area contributed by atoms with Crippen molar-refractivity contribution in [3.8, 4) is 0 Å². The molecule has 4 heteroatoms. The molecular weight excluding hydrogens is 309 g/mol. The molecule has 1 aliphatic carbocycles. The summed E-state index contributed by atoms with van der Waals surface area (Å²) < 4.78 is 0. The van der Waals surface area contributed by atoms with Crippen molar-refractivity contribution in [3.63, 3.8) is 0 Å². The normalized spacial score (nSPS) is 15.8. The molecule has 0 spiro atoms. The summed E-state index contributed by atoms with van der Waals surface area (Å²) in [5.41, 5.74) is 1.17. The van der Waals surface area contributed by atoms with Crippen molar-refractivity contribution >= 4 is 39.1 Å². The quantitative estimate of drug-likeness (QED) is 0.728. The maximum absolute atomic E-state index is 6.18. The Morgan fingerprint density at radius 1 is 1.31 bits per heavy atom. The number of nitrogens with zero attached hydrogens (tertiary/aromatic N) is 1. The molecule has 0 aliphatic heterocycles. The van der Waals surface area contributed by atoms with Crippen LogP contribution in [0.25, 0.3) is 0 Å². The van der Waals surface area contributed by atoms with Gasteiger partial charge in [-0.2, -0.15) is 0 Å². The lowest BCUT2D eigenvalue weighted by Gasteiger charge is -2.21. The van der Waals surface area contributed by atoms with Crippen LogP contribution in [0.1, 0.15) is 18.4 Å². The van der Waals surface area contributed by atoms with E-state index in [2.05, 4.69) is 20.8 Å². The van der Waals surface area contributed by atoms with Crippen LogP contribution < -0.4 is 0 Å². The van der Waals surface area contributed by atoms with Crippen LogP contribution in [0, 0.1) is 0 Å². The SMILES string of the molecule is Clc1ccc(CN(CCBr)C2CC2)c(Cl)c1. The predicted octanol–water partition coefficient (Wildman–Crippen LogP) is 4.35. The van der Waals surface area contributed by atoms with Crippen molar-refractivity contribution in [1.82, 2.24) is 4.90 Å². The van der Waals surface area contributed by atoms with Crippen LogP contribution in [0.3, 0.4) is 0 Å². The van der Waals surface area contributed by atoms with Crippen molar-refractivity contribution < 1.29 is 0 Å². The molecule has 0 bridgehead atoms. The van der Waals surface area contributed by atoms with E-state index in [9.17, 15) is 0 Å². The van der Waals surface area contributed by atoms with Gasteiger partial charge >= 0.3 is 0 Å². The topological polar surface area (TPSA) is 3.24 Å². The van der Waals surface area contributed by atoms with E-state index in [-0.39, 0.29) is 0 Å². The molecule has 1 fully saturated rings. The van der Waals surface area contributed by atoms with E-state index in [4.69, 9.17) is 23.2 Å². The van der Waals surface area contributed by atoms with Gasteiger partial charge in [-0.3, -0.25) is 4.90 Å². The van der Waals surface area contributed by atoms with Gasteiger partial charge in [0.1, 0.15) is 0 Å². The van der Waals surface area contributed by atoms with Crippen LogP contribution in [0.2, 0.25) is 10.0 Å². The van der Waals surface area contributed by atoms with Crippen molar-refractivity contribution in [1.29, 1.82) is 0 Å². The molecule has 0 saturated heterocycles. The van der Waals surface area contributed by atoms with E-state index in [1.165, 1.54) is 18.4 Å². The highest BCUT2D eigenvalue weighted by molar-refractivity contribution is 9.09. The molecule has 1 aromatic carbocycles. The van der Waals surface area contributed by atoms with E-state index in [0.29, 0.717) is 5.02 Å². The van der Waals surface area contributed by atoms with Crippen molar-refractivity contribution in [2.24, 2.45) is 0 Å². The van der Waals surface area contributed by atoms with Gasteiger partial charge in [-0.1, -0.05) is 45.2 Å². The van der Waals surface area contributed by atoms with E-state index in [1.54, 1.807) is 0 Å². The van der Waals surface area contributed by atoms with Crippen molar-refractivity contribution in [2.75, 3.05) is 11.9 Å². The lowest BCUT2D eigenvalue weighted by Crippen LogP contribution is -2.27. The molecule has 0 N–H and O–H groups in total. The lowest BCUT2D eigenvalue weighted by atomic mass is 10.2. The van der Waals surface area contributed by atoms with Gasteiger partial charge in [0.05, 0.1) is 0 Å². The van der Waals surface area contributed by atoms with Crippen LogP contribution in [-0.2, 0) is 6.54 Å². The first-order valence-electron chi connectivity index (χ1n) is 5.44. The van der Waals surface area contributed by atoms with Gasteiger partial charge in [0.2, 0.25) is 0 Å². The Hall–Kier alpha value is 0.240. The Balaban J connectivity index is 2.05. The number of rotatable bonds is 5. The van der Waals surface area contributed by atoms with Gasteiger partial charge in [-0.25, -0.2) is 0 Å². The van der Waals surface area contributed by atoms with Gasteiger partial charge in [0.25, 0.3) is 0 Å². The minimum absolute atomic E-state index is 0.701. The highest BCUT2D eigenvalue weighted by Gasteiger charge is 2.28. The van der Waals surface area contributed by atoms with E-state index < -0.39 is 0 Å². The summed E-state index contributed by atoms with van der Waals surface area (Å²) in [7, 11) is 0. The summed E-state index contributed by atoms with van der Waals surface area (Å²) in [5, 5.41) is 2.48. The largest absolute Gasteiger partial charge is 0.295 e. The zero-order valence-corrected chi connectivity index (χ0v) is 12.0. The molecule has 0 unspecified atom stereocenters. The van der Waals surface area contributed by atoms with Crippen LogP contribution in [0.15, 0.2) is 18.2 Å². The van der Waals surface area contributed by atoms with Gasteiger partial charge in [0.15, 0.2) is 0 Å². The van der Waals surface area contributed by atoms with Crippen LogP contribution in [-0.4, -0.2) is 22.8 Å².